The minimum absolute atomic E-state index is 0.0347. The van der Waals surface area contributed by atoms with Crippen molar-refractivity contribution in [2.24, 2.45) is 5.92 Å². The Morgan fingerprint density at radius 2 is 1.55 bits per heavy atom. The number of Topliss-reactive ketones (excluding diaryl/α,β-unsaturated/α-hetero) is 1. The molecule has 3 atom stereocenters. The van der Waals surface area contributed by atoms with E-state index in [4.69, 9.17) is 0 Å². The maximum absolute atomic E-state index is 14.8. The third-order valence-electron chi connectivity index (χ3n) is 7.48. The van der Waals surface area contributed by atoms with Gasteiger partial charge in [0, 0.05) is 23.6 Å². The van der Waals surface area contributed by atoms with Crippen LogP contribution in [0.3, 0.4) is 0 Å². The molecule has 4 aromatic carbocycles. The van der Waals surface area contributed by atoms with Crippen molar-refractivity contribution in [2.75, 3.05) is 10.2 Å². The van der Waals surface area contributed by atoms with Gasteiger partial charge in [0.2, 0.25) is 0 Å². The molecule has 1 aliphatic heterocycles. The predicted octanol–water partition coefficient (Wildman–Crippen LogP) is 7.20. The Hall–Kier alpha value is -4.51. The van der Waals surface area contributed by atoms with Gasteiger partial charge in [-0.1, -0.05) is 84.4 Å². The van der Waals surface area contributed by atoms with Crippen LogP contribution in [-0.4, -0.2) is 11.7 Å². The molecule has 5 heteroatoms. The lowest BCUT2D eigenvalue weighted by atomic mass is 9.76. The molecular weight excluding hydrogens is 475 g/mol. The third kappa shape index (κ3) is 4.20. The smallest absolute Gasteiger partial charge is 0.258 e. The molecule has 0 aromatic heterocycles. The van der Waals surface area contributed by atoms with Crippen LogP contribution in [0.5, 0.6) is 0 Å². The Morgan fingerprint density at radius 1 is 0.868 bits per heavy atom. The number of allylic oxidation sites excluding steroid dienone is 1. The molecule has 6 rings (SSSR count). The van der Waals surface area contributed by atoms with Crippen molar-refractivity contribution in [3.05, 3.63) is 143 Å². The van der Waals surface area contributed by atoms with E-state index in [1.165, 1.54) is 6.07 Å². The normalized spacial score (nSPS) is 20.5. The number of rotatable bonds is 3. The van der Waals surface area contributed by atoms with Gasteiger partial charge in [0.25, 0.3) is 5.91 Å². The zero-order chi connectivity index (χ0) is 26.2. The van der Waals surface area contributed by atoms with E-state index in [9.17, 15) is 14.0 Å². The number of carbonyl (C=O) groups excluding carboxylic acids is 2. The number of aryl methyl sites for hydroxylation is 1. The van der Waals surface area contributed by atoms with Crippen molar-refractivity contribution in [1.29, 1.82) is 0 Å². The standard InChI is InChI=1S/C33H27FN2O2/c1-21-15-17-22(18-16-21)32-31-28(19-24(20-30(31)37)25-11-5-6-12-26(25)34)35-27-13-7-8-14-29(27)36(32)33(38)23-9-3-2-4-10-23/h2-19,24,31-32,35H,20H2,1H3/t24-,31+,32-/m0/s1. The fourth-order valence-electron chi connectivity index (χ4n) is 5.64. The monoisotopic (exact) mass is 502 g/mol. The third-order valence-corrected chi connectivity index (χ3v) is 7.48. The number of carbonyl (C=O) groups is 2. The van der Waals surface area contributed by atoms with Crippen molar-refractivity contribution in [1.82, 2.24) is 0 Å². The van der Waals surface area contributed by atoms with Crippen LogP contribution in [0.1, 0.15) is 45.4 Å². The van der Waals surface area contributed by atoms with Gasteiger partial charge in [-0.25, -0.2) is 4.39 Å². The van der Waals surface area contributed by atoms with E-state index in [0.29, 0.717) is 22.5 Å². The van der Waals surface area contributed by atoms with Crippen molar-refractivity contribution >= 4 is 23.1 Å². The van der Waals surface area contributed by atoms with Crippen LogP contribution in [0.25, 0.3) is 0 Å². The number of nitrogens with zero attached hydrogens (tertiary/aromatic N) is 1. The van der Waals surface area contributed by atoms with Crippen LogP contribution >= 0.6 is 0 Å². The molecule has 1 N–H and O–H groups in total. The van der Waals surface area contributed by atoms with E-state index in [1.807, 2.05) is 79.7 Å². The summed E-state index contributed by atoms with van der Waals surface area (Å²) in [5.41, 5.74) is 5.10. The summed E-state index contributed by atoms with van der Waals surface area (Å²) in [6.07, 6.45) is 2.13. The van der Waals surface area contributed by atoms with E-state index < -0.39 is 17.9 Å². The number of amides is 1. The summed E-state index contributed by atoms with van der Waals surface area (Å²) in [4.78, 5) is 30.0. The highest BCUT2D eigenvalue weighted by atomic mass is 19.1. The molecule has 0 unspecified atom stereocenters. The van der Waals surface area contributed by atoms with Gasteiger partial charge in [0.15, 0.2) is 0 Å². The average molecular weight is 503 g/mol. The van der Waals surface area contributed by atoms with E-state index in [0.717, 1.165) is 16.8 Å². The number of fused-ring (bicyclic) bond motifs is 2. The zero-order valence-corrected chi connectivity index (χ0v) is 21.0. The summed E-state index contributed by atoms with van der Waals surface area (Å²) < 4.78 is 14.8. The maximum Gasteiger partial charge on any atom is 0.258 e. The summed E-state index contributed by atoms with van der Waals surface area (Å²) in [5, 5.41) is 3.48. The molecule has 38 heavy (non-hydrogen) atoms. The summed E-state index contributed by atoms with van der Waals surface area (Å²) in [6.45, 7) is 2.01. The first-order valence-corrected chi connectivity index (χ1v) is 12.8. The number of anilines is 2. The number of hydrogen-bond acceptors (Lipinski definition) is 3. The number of benzene rings is 4. The predicted molar refractivity (Wildman–Crippen MR) is 148 cm³/mol. The molecule has 0 spiro atoms. The summed E-state index contributed by atoms with van der Waals surface area (Å²) in [5.74, 6) is -1.58. The fraction of sp³-hybridized carbons (Fsp3) is 0.152. The Labute approximate surface area is 221 Å². The zero-order valence-electron chi connectivity index (χ0n) is 21.0. The highest BCUT2D eigenvalue weighted by Crippen LogP contribution is 2.48. The number of para-hydroxylation sites is 2. The van der Waals surface area contributed by atoms with Gasteiger partial charge in [-0.15, -0.1) is 0 Å². The first kappa shape index (κ1) is 23.9. The van der Waals surface area contributed by atoms with Crippen LogP contribution in [0.2, 0.25) is 0 Å². The molecule has 1 heterocycles. The topological polar surface area (TPSA) is 49.4 Å². The minimum atomic E-state index is -0.638. The summed E-state index contributed by atoms with van der Waals surface area (Å²) in [6, 6.07) is 30.8. The molecule has 4 aromatic rings. The maximum atomic E-state index is 14.8. The van der Waals surface area contributed by atoms with Gasteiger partial charge < -0.3 is 5.32 Å². The molecule has 188 valence electrons. The van der Waals surface area contributed by atoms with Gasteiger partial charge in [-0.05, 0) is 48.4 Å². The van der Waals surface area contributed by atoms with Crippen LogP contribution in [0.15, 0.2) is 115 Å². The molecule has 0 saturated carbocycles. The minimum Gasteiger partial charge on any atom is -0.357 e. The van der Waals surface area contributed by atoms with Crippen LogP contribution < -0.4 is 10.2 Å². The Balaban J connectivity index is 1.57. The van der Waals surface area contributed by atoms with E-state index in [2.05, 4.69) is 5.32 Å². The first-order valence-electron chi connectivity index (χ1n) is 12.8. The van der Waals surface area contributed by atoms with Gasteiger partial charge >= 0.3 is 0 Å². The molecular formula is C33H27FN2O2. The van der Waals surface area contributed by atoms with E-state index >= 15 is 0 Å². The molecule has 1 aliphatic carbocycles. The lowest BCUT2D eigenvalue weighted by Gasteiger charge is -2.37. The number of halogens is 1. The highest BCUT2D eigenvalue weighted by molar-refractivity contribution is 6.09. The average Bonchev–Trinajstić information content (AvgIpc) is 3.08. The van der Waals surface area contributed by atoms with Crippen molar-refractivity contribution in [3.8, 4) is 0 Å². The second-order valence-corrected chi connectivity index (χ2v) is 9.94. The number of nitrogens with one attached hydrogen (secondary N) is 1. The van der Waals surface area contributed by atoms with E-state index in [-0.39, 0.29) is 23.9 Å². The SMILES string of the molecule is Cc1ccc([C@H]2[C@H]3C(=O)C[C@@H](c4ccccc4F)C=C3Nc3ccccc3N2C(=O)c2ccccc2)cc1. The van der Waals surface area contributed by atoms with Gasteiger partial charge in [0.1, 0.15) is 11.6 Å². The van der Waals surface area contributed by atoms with E-state index in [1.54, 1.807) is 35.2 Å². The van der Waals surface area contributed by atoms with Crippen molar-refractivity contribution in [3.63, 3.8) is 0 Å². The second kappa shape index (κ2) is 9.75. The fourth-order valence-corrected chi connectivity index (χ4v) is 5.64. The Morgan fingerprint density at radius 3 is 2.32 bits per heavy atom. The summed E-state index contributed by atoms with van der Waals surface area (Å²) >= 11 is 0. The number of ketones is 1. The largest absolute Gasteiger partial charge is 0.357 e. The molecule has 0 radical (unpaired) electrons. The molecule has 0 bridgehead atoms. The first-order chi connectivity index (χ1) is 18.5. The molecule has 0 saturated heterocycles. The van der Waals surface area contributed by atoms with Crippen LogP contribution in [-0.2, 0) is 4.79 Å². The lowest BCUT2D eigenvalue weighted by molar-refractivity contribution is -0.123. The number of hydrogen-bond donors (Lipinski definition) is 1. The Bertz CT molecular complexity index is 1550. The molecule has 0 fully saturated rings. The quantitative estimate of drug-likeness (QED) is 0.322. The van der Waals surface area contributed by atoms with Crippen molar-refractivity contribution in [2.45, 2.75) is 25.3 Å². The van der Waals surface area contributed by atoms with Gasteiger partial charge in [-0.3, -0.25) is 14.5 Å². The lowest BCUT2D eigenvalue weighted by Crippen LogP contribution is -2.42. The Kier molecular flexibility index (Phi) is 6.12. The molecule has 1 amide bonds. The van der Waals surface area contributed by atoms with Gasteiger partial charge in [0.05, 0.1) is 23.3 Å². The summed E-state index contributed by atoms with van der Waals surface area (Å²) in [7, 11) is 0. The van der Waals surface area contributed by atoms with Gasteiger partial charge in [-0.2, -0.15) is 0 Å². The second-order valence-electron chi connectivity index (χ2n) is 9.94. The van der Waals surface area contributed by atoms with Crippen LogP contribution in [0.4, 0.5) is 15.8 Å². The molecule has 4 nitrogen and oxygen atoms in total. The van der Waals surface area contributed by atoms with Crippen LogP contribution in [0, 0.1) is 18.7 Å². The van der Waals surface area contributed by atoms with Crippen molar-refractivity contribution < 1.29 is 14.0 Å². The highest BCUT2D eigenvalue weighted by Gasteiger charge is 2.45. The molecule has 2 aliphatic rings.